The molecule has 2 bridgehead atoms. The quantitative estimate of drug-likeness (QED) is 0.597. The number of nitrogens with zero attached hydrogens (tertiary/aromatic N) is 1. The van der Waals surface area contributed by atoms with Crippen molar-refractivity contribution in [3.63, 3.8) is 0 Å². The summed E-state index contributed by atoms with van der Waals surface area (Å²) >= 11 is 0. The minimum atomic E-state index is -0.764. The number of para-hydroxylation sites is 1. The van der Waals surface area contributed by atoms with Crippen molar-refractivity contribution in [2.24, 2.45) is 11.3 Å². The van der Waals surface area contributed by atoms with E-state index in [1.807, 2.05) is 61.5 Å². The van der Waals surface area contributed by atoms with Crippen molar-refractivity contribution < 1.29 is 9.59 Å². The number of rotatable bonds is 1. The molecule has 0 radical (unpaired) electrons. The second-order valence-corrected chi connectivity index (χ2v) is 8.24. The van der Waals surface area contributed by atoms with Gasteiger partial charge in [0.1, 0.15) is 0 Å². The molecule has 3 heteroatoms. The maximum absolute atomic E-state index is 13.8. The van der Waals surface area contributed by atoms with Gasteiger partial charge in [-0.3, -0.25) is 9.59 Å². The maximum atomic E-state index is 13.8. The Morgan fingerprint density at radius 3 is 1.79 bits per heavy atom. The molecule has 0 saturated carbocycles. The molecular weight excluding hydrogens is 346 g/mol. The van der Waals surface area contributed by atoms with E-state index in [4.69, 9.17) is 0 Å². The van der Waals surface area contributed by atoms with Gasteiger partial charge in [-0.15, -0.1) is 0 Å². The lowest BCUT2D eigenvalue weighted by atomic mass is 9.48. The number of benzene rings is 3. The zero-order valence-corrected chi connectivity index (χ0v) is 15.5. The first-order chi connectivity index (χ1) is 13.6. The van der Waals surface area contributed by atoms with Crippen LogP contribution in [-0.2, 0) is 9.59 Å². The van der Waals surface area contributed by atoms with Crippen molar-refractivity contribution in [3.05, 3.63) is 101 Å². The van der Waals surface area contributed by atoms with E-state index in [9.17, 15) is 9.59 Å². The van der Waals surface area contributed by atoms with Gasteiger partial charge in [-0.1, -0.05) is 66.7 Å². The SMILES string of the molecule is CC12C(=O)N(c3ccccc3)C(=O)C1C1c3ccccc3C2c2ccccc21. The summed E-state index contributed by atoms with van der Waals surface area (Å²) in [4.78, 5) is 28.9. The number of carbonyl (C=O) groups is 2. The fourth-order valence-electron chi connectivity index (χ4n) is 5.94. The normalized spacial score (nSPS) is 29.5. The third-order valence-corrected chi connectivity index (χ3v) is 7.03. The van der Waals surface area contributed by atoms with E-state index in [1.165, 1.54) is 27.2 Å². The van der Waals surface area contributed by atoms with Gasteiger partial charge in [-0.05, 0) is 41.3 Å². The summed E-state index contributed by atoms with van der Waals surface area (Å²) in [6, 6.07) is 26.0. The van der Waals surface area contributed by atoms with E-state index in [1.54, 1.807) is 0 Å². The van der Waals surface area contributed by atoms with Crippen LogP contribution >= 0.6 is 0 Å². The zero-order chi connectivity index (χ0) is 19.0. The Labute approximate surface area is 163 Å². The lowest BCUT2D eigenvalue weighted by Gasteiger charge is -2.51. The van der Waals surface area contributed by atoms with Gasteiger partial charge in [0, 0.05) is 11.8 Å². The van der Waals surface area contributed by atoms with Gasteiger partial charge in [0.05, 0.1) is 17.0 Å². The highest BCUT2D eigenvalue weighted by Gasteiger charge is 2.68. The topological polar surface area (TPSA) is 37.4 Å². The Morgan fingerprint density at radius 1 is 0.714 bits per heavy atom. The van der Waals surface area contributed by atoms with Gasteiger partial charge in [0.15, 0.2) is 0 Å². The van der Waals surface area contributed by atoms with Crippen molar-refractivity contribution in [2.45, 2.75) is 18.8 Å². The Hall–Kier alpha value is -3.20. The Bertz CT molecular complexity index is 1100. The fourth-order valence-corrected chi connectivity index (χ4v) is 5.94. The van der Waals surface area contributed by atoms with Gasteiger partial charge in [-0.2, -0.15) is 0 Å². The van der Waals surface area contributed by atoms with Crippen molar-refractivity contribution >= 4 is 17.5 Å². The average molecular weight is 365 g/mol. The summed E-state index contributed by atoms with van der Waals surface area (Å²) in [5.74, 6) is -0.687. The zero-order valence-electron chi connectivity index (χ0n) is 15.5. The van der Waals surface area contributed by atoms with Gasteiger partial charge in [0.25, 0.3) is 0 Å². The molecule has 3 aliphatic carbocycles. The molecule has 0 aromatic heterocycles. The third kappa shape index (κ3) is 1.66. The number of hydrogen-bond acceptors (Lipinski definition) is 2. The predicted octanol–water partition coefficient (Wildman–Crippen LogP) is 4.47. The smallest absolute Gasteiger partial charge is 0.241 e. The van der Waals surface area contributed by atoms with Crippen LogP contribution in [0.5, 0.6) is 0 Å². The molecule has 2 unspecified atom stereocenters. The number of anilines is 1. The number of amides is 2. The lowest BCUT2D eigenvalue weighted by Crippen LogP contribution is -2.49. The Morgan fingerprint density at radius 2 is 1.21 bits per heavy atom. The molecule has 1 saturated heterocycles. The minimum Gasteiger partial charge on any atom is -0.274 e. The first-order valence-corrected chi connectivity index (χ1v) is 9.75. The largest absolute Gasteiger partial charge is 0.274 e. The summed E-state index contributed by atoms with van der Waals surface area (Å²) < 4.78 is 0. The fraction of sp³-hybridized carbons (Fsp3) is 0.200. The van der Waals surface area contributed by atoms with Crippen LogP contribution in [0.3, 0.4) is 0 Å². The second kappa shape index (κ2) is 5.20. The highest BCUT2D eigenvalue weighted by atomic mass is 16.2. The van der Waals surface area contributed by atoms with Crippen LogP contribution in [0.15, 0.2) is 78.9 Å². The highest BCUT2D eigenvalue weighted by Crippen LogP contribution is 2.67. The molecule has 1 fully saturated rings. The molecule has 0 N–H and O–H groups in total. The van der Waals surface area contributed by atoms with Gasteiger partial charge < -0.3 is 0 Å². The van der Waals surface area contributed by atoms with E-state index < -0.39 is 5.41 Å². The summed E-state index contributed by atoms with van der Waals surface area (Å²) in [7, 11) is 0. The van der Waals surface area contributed by atoms with Crippen molar-refractivity contribution in [1.82, 2.24) is 0 Å². The van der Waals surface area contributed by atoms with Crippen LogP contribution < -0.4 is 4.90 Å². The average Bonchev–Trinajstić information content (AvgIpc) is 2.95. The Balaban J connectivity index is 1.64. The first-order valence-electron chi connectivity index (χ1n) is 9.75. The van der Waals surface area contributed by atoms with E-state index in [0.717, 1.165) is 0 Å². The van der Waals surface area contributed by atoms with Crippen molar-refractivity contribution in [3.8, 4) is 0 Å². The molecule has 2 amide bonds. The van der Waals surface area contributed by atoms with Gasteiger partial charge in [-0.25, -0.2) is 4.90 Å². The number of carbonyl (C=O) groups excluding carboxylic acids is 2. The summed E-state index contributed by atoms with van der Waals surface area (Å²) in [5, 5.41) is 0. The Kier molecular flexibility index (Phi) is 2.94. The lowest BCUT2D eigenvalue weighted by molar-refractivity contribution is -0.128. The highest BCUT2D eigenvalue weighted by molar-refractivity contribution is 6.25. The molecule has 2 atom stereocenters. The summed E-state index contributed by atoms with van der Waals surface area (Å²) in [6.45, 7) is 2.00. The van der Waals surface area contributed by atoms with E-state index in [-0.39, 0.29) is 29.6 Å². The molecule has 7 rings (SSSR count). The van der Waals surface area contributed by atoms with E-state index >= 15 is 0 Å². The molecule has 0 spiro atoms. The van der Waals surface area contributed by atoms with E-state index in [0.29, 0.717) is 5.69 Å². The number of imide groups is 1. The molecule has 1 heterocycles. The summed E-state index contributed by atoms with van der Waals surface area (Å²) in [6.07, 6.45) is 0. The van der Waals surface area contributed by atoms with Crippen LogP contribution in [0.25, 0.3) is 0 Å². The van der Waals surface area contributed by atoms with Gasteiger partial charge >= 0.3 is 0 Å². The maximum Gasteiger partial charge on any atom is 0.241 e. The third-order valence-electron chi connectivity index (χ3n) is 7.03. The van der Waals surface area contributed by atoms with Crippen LogP contribution in [0.4, 0.5) is 5.69 Å². The van der Waals surface area contributed by atoms with Crippen molar-refractivity contribution in [2.75, 3.05) is 4.90 Å². The molecule has 28 heavy (non-hydrogen) atoms. The number of hydrogen-bond donors (Lipinski definition) is 0. The first kappa shape index (κ1) is 15.8. The van der Waals surface area contributed by atoms with E-state index in [2.05, 4.69) is 24.3 Å². The van der Waals surface area contributed by atoms with Crippen LogP contribution in [0.2, 0.25) is 0 Å². The monoisotopic (exact) mass is 365 g/mol. The second-order valence-electron chi connectivity index (χ2n) is 8.24. The molecular formula is C25H19NO2. The van der Waals surface area contributed by atoms with Crippen LogP contribution in [-0.4, -0.2) is 11.8 Å². The van der Waals surface area contributed by atoms with Crippen LogP contribution in [0.1, 0.15) is 41.0 Å². The molecule has 4 aliphatic rings. The molecule has 136 valence electrons. The molecule has 3 aromatic carbocycles. The van der Waals surface area contributed by atoms with Crippen LogP contribution in [0, 0.1) is 11.3 Å². The summed E-state index contributed by atoms with van der Waals surface area (Å²) in [5.41, 5.74) is 4.69. The predicted molar refractivity (Wildman–Crippen MR) is 107 cm³/mol. The minimum absolute atomic E-state index is 0.0716. The molecule has 1 aliphatic heterocycles. The molecule has 3 aromatic rings. The standard InChI is InChI=1S/C25H19NO2/c1-25-21-18-13-7-5-11-16(18)20(17-12-6-8-14-19(17)21)22(25)23(27)26(24(25)28)15-9-3-2-4-10-15/h2-14,20-22H,1H3. The molecule has 3 nitrogen and oxygen atoms in total. The van der Waals surface area contributed by atoms with Gasteiger partial charge in [0.2, 0.25) is 11.8 Å². The van der Waals surface area contributed by atoms with Crippen molar-refractivity contribution in [1.29, 1.82) is 0 Å².